The normalized spacial score (nSPS) is 29.0. The van der Waals surface area contributed by atoms with E-state index in [-0.39, 0.29) is 0 Å². The van der Waals surface area contributed by atoms with Crippen molar-refractivity contribution >= 4 is 23.5 Å². The van der Waals surface area contributed by atoms with E-state index in [0.29, 0.717) is 6.04 Å². The lowest BCUT2D eigenvalue weighted by atomic mass is 10.1. The van der Waals surface area contributed by atoms with Gasteiger partial charge in [0, 0.05) is 17.3 Å². The molecular formula is C12H25NS2. The molecule has 1 heterocycles. The molecule has 0 aliphatic carbocycles. The van der Waals surface area contributed by atoms with Crippen molar-refractivity contribution in [2.45, 2.75) is 57.4 Å². The zero-order chi connectivity index (χ0) is 11.1. The number of hydrogen-bond donors (Lipinski definition) is 1. The molecule has 1 nitrogen and oxygen atoms in total. The average molecular weight is 247 g/mol. The SMILES string of the molecule is CCSCCC(C)NC1CCCSC1C. The van der Waals surface area contributed by atoms with Crippen molar-refractivity contribution in [3.8, 4) is 0 Å². The highest BCUT2D eigenvalue weighted by Crippen LogP contribution is 2.25. The van der Waals surface area contributed by atoms with Crippen LogP contribution in [0.25, 0.3) is 0 Å². The second kappa shape index (κ2) is 7.86. The van der Waals surface area contributed by atoms with Crippen LogP contribution in [0.1, 0.15) is 40.0 Å². The van der Waals surface area contributed by atoms with Crippen LogP contribution in [0.2, 0.25) is 0 Å². The summed E-state index contributed by atoms with van der Waals surface area (Å²) >= 11 is 4.18. The molecule has 15 heavy (non-hydrogen) atoms. The third-order valence-electron chi connectivity index (χ3n) is 3.00. The fraction of sp³-hybridized carbons (Fsp3) is 1.00. The van der Waals surface area contributed by atoms with E-state index in [1.54, 1.807) is 0 Å². The smallest absolute Gasteiger partial charge is 0.0186 e. The summed E-state index contributed by atoms with van der Waals surface area (Å²) in [5.41, 5.74) is 0. The highest BCUT2D eigenvalue weighted by molar-refractivity contribution is 8.00. The van der Waals surface area contributed by atoms with Crippen LogP contribution in [0.3, 0.4) is 0 Å². The Morgan fingerprint density at radius 1 is 1.53 bits per heavy atom. The third kappa shape index (κ3) is 5.50. The van der Waals surface area contributed by atoms with E-state index >= 15 is 0 Å². The third-order valence-corrected chi connectivity index (χ3v) is 5.32. The number of thioether (sulfide) groups is 2. The van der Waals surface area contributed by atoms with Gasteiger partial charge in [-0.1, -0.05) is 13.8 Å². The van der Waals surface area contributed by atoms with E-state index in [0.717, 1.165) is 11.3 Å². The van der Waals surface area contributed by atoms with Gasteiger partial charge in [-0.25, -0.2) is 0 Å². The largest absolute Gasteiger partial charge is 0.310 e. The van der Waals surface area contributed by atoms with Gasteiger partial charge in [0.2, 0.25) is 0 Å². The van der Waals surface area contributed by atoms with Gasteiger partial charge in [0.1, 0.15) is 0 Å². The first kappa shape index (κ1) is 13.7. The Balaban J connectivity index is 2.15. The van der Waals surface area contributed by atoms with Gasteiger partial charge in [-0.3, -0.25) is 0 Å². The standard InChI is InChI=1S/C12H25NS2/c1-4-14-9-7-10(2)13-12-6-5-8-15-11(12)3/h10-13H,4-9H2,1-3H3. The molecule has 1 rings (SSSR count). The molecule has 0 spiro atoms. The maximum Gasteiger partial charge on any atom is 0.0186 e. The first-order valence-corrected chi connectivity index (χ1v) is 8.39. The monoisotopic (exact) mass is 247 g/mol. The summed E-state index contributed by atoms with van der Waals surface area (Å²) in [6.07, 6.45) is 4.08. The minimum Gasteiger partial charge on any atom is -0.310 e. The summed E-state index contributed by atoms with van der Waals surface area (Å²) < 4.78 is 0. The van der Waals surface area contributed by atoms with Crippen LogP contribution in [0.5, 0.6) is 0 Å². The van der Waals surface area contributed by atoms with E-state index in [4.69, 9.17) is 0 Å². The molecule has 0 amide bonds. The molecule has 3 atom stereocenters. The molecule has 1 aliphatic heterocycles. The first-order chi connectivity index (χ1) is 7.24. The van der Waals surface area contributed by atoms with Crippen molar-refractivity contribution in [2.24, 2.45) is 0 Å². The van der Waals surface area contributed by atoms with Gasteiger partial charge in [-0.2, -0.15) is 23.5 Å². The fourth-order valence-electron chi connectivity index (χ4n) is 2.00. The van der Waals surface area contributed by atoms with E-state index in [1.807, 2.05) is 0 Å². The van der Waals surface area contributed by atoms with Crippen molar-refractivity contribution in [1.29, 1.82) is 0 Å². The van der Waals surface area contributed by atoms with Gasteiger partial charge in [-0.05, 0) is 43.4 Å². The number of rotatable bonds is 6. The van der Waals surface area contributed by atoms with E-state index < -0.39 is 0 Å². The van der Waals surface area contributed by atoms with Crippen LogP contribution >= 0.6 is 23.5 Å². The van der Waals surface area contributed by atoms with Gasteiger partial charge in [0.15, 0.2) is 0 Å². The van der Waals surface area contributed by atoms with Crippen LogP contribution < -0.4 is 5.32 Å². The summed E-state index contributed by atoms with van der Waals surface area (Å²) in [7, 11) is 0. The predicted octanol–water partition coefficient (Wildman–Crippen LogP) is 3.39. The van der Waals surface area contributed by atoms with Gasteiger partial charge < -0.3 is 5.32 Å². The zero-order valence-corrected chi connectivity index (χ0v) is 11.9. The van der Waals surface area contributed by atoms with Gasteiger partial charge in [-0.15, -0.1) is 0 Å². The Labute approximate surface area is 104 Å². The maximum absolute atomic E-state index is 3.79. The van der Waals surface area contributed by atoms with Crippen LogP contribution in [0.4, 0.5) is 0 Å². The maximum atomic E-state index is 3.79. The molecule has 1 fully saturated rings. The molecule has 0 saturated carbocycles. The quantitative estimate of drug-likeness (QED) is 0.723. The Hall–Kier alpha value is 0.660. The lowest BCUT2D eigenvalue weighted by Gasteiger charge is -2.31. The second-order valence-corrected chi connectivity index (χ2v) is 7.26. The molecule has 3 unspecified atom stereocenters. The van der Waals surface area contributed by atoms with E-state index in [9.17, 15) is 0 Å². The molecule has 0 radical (unpaired) electrons. The minimum absolute atomic E-state index is 0.690. The zero-order valence-electron chi connectivity index (χ0n) is 10.3. The van der Waals surface area contributed by atoms with Crippen LogP contribution in [0, 0.1) is 0 Å². The molecular weight excluding hydrogens is 222 g/mol. The fourth-order valence-corrected chi connectivity index (χ4v) is 3.96. The summed E-state index contributed by atoms with van der Waals surface area (Å²) in [5, 5.41) is 4.60. The van der Waals surface area contributed by atoms with Crippen LogP contribution in [-0.2, 0) is 0 Å². The van der Waals surface area contributed by atoms with E-state index in [2.05, 4.69) is 49.6 Å². The lowest BCUT2D eigenvalue weighted by Crippen LogP contribution is -2.44. The van der Waals surface area contributed by atoms with Crippen molar-refractivity contribution in [3.63, 3.8) is 0 Å². The Morgan fingerprint density at radius 2 is 2.33 bits per heavy atom. The number of nitrogens with one attached hydrogen (secondary N) is 1. The highest BCUT2D eigenvalue weighted by atomic mass is 32.2. The molecule has 0 aromatic carbocycles. The summed E-state index contributed by atoms with van der Waals surface area (Å²) in [5.74, 6) is 3.92. The topological polar surface area (TPSA) is 12.0 Å². The second-order valence-electron chi connectivity index (χ2n) is 4.38. The molecule has 3 heteroatoms. The summed E-state index contributed by atoms with van der Waals surface area (Å²) in [4.78, 5) is 0. The number of hydrogen-bond acceptors (Lipinski definition) is 3. The van der Waals surface area contributed by atoms with Gasteiger partial charge in [0.25, 0.3) is 0 Å². The van der Waals surface area contributed by atoms with Crippen LogP contribution in [0.15, 0.2) is 0 Å². The van der Waals surface area contributed by atoms with Crippen molar-refractivity contribution in [1.82, 2.24) is 5.32 Å². The van der Waals surface area contributed by atoms with E-state index in [1.165, 1.54) is 36.5 Å². The van der Waals surface area contributed by atoms with Gasteiger partial charge >= 0.3 is 0 Å². The first-order valence-electron chi connectivity index (χ1n) is 6.19. The predicted molar refractivity (Wildman–Crippen MR) is 75.2 cm³/mol. The average Bonchev–Trinajstić information content (AvgIpc) is 2.22. The molecule has 0 aromatic rings. The van der Waals surface area contributed by atoms with Crippen LogP contribution in [-0.4, -0.2) is 34.6 Å². The molecule has 1 aliphatic rings. The Bertz CT molecular complexity index is 164. The van der Waals surface area contributed by atoms with Gasteiger partial charge in [0.05, 0.1) is 0 Å². The molecule has 1 saturated heterocycles. The van der Waals surface area contributed by atoms with Crippen molar-refractivity contribution in [3.05, 3.63) is 0 Å². The Morgan fingerprint density at radius 3 is 3.00 bits per heavy atom. The highest BCUT2D eigenvalue weighted by Gasteiger charge is 2.22. The lowest BCUT2D eigenvalue weighted by molar-refractivity contribution is 0.405. The summed E-state index contributed by atoms with van der Waals surface area (Å²) in [6.45, 7) is 6.94. The molecule has 0 bridgehead atoms. The summed E-state index contributed by atoms with van der Waals surface area (Å²) in [6, 6.07) is 1.44. The molecule has 0 aromatic heterocycles. The van der Waals surface area contributed by atoms with Crippen molar-refractivity contribution in [2.75, 3.05) is 17.3 Å². The molecule has 1 N–H and O–H groups in total. The minimum atomic E-state index is 0.690. The van der Waals surface area contributed by atoms with Crippen molar-refractivity contribution < 1.29 is 0 Å². The Kier molecular flexibility index (Phi) is 7.19. The molecule has 90 valence electrons.